The largest absolute Gasteiger partial charge is 0.290 e. The Kier molecular flexibility index (Phi) is 6.49. The van der Waals surface area contributed by atoms with Gasteiger partial charge in [0.15, 0.2) is 5.78 Å². The van der Waals surface area contributed by atoms with Gasteiger partial charge in [0, 0.05) is 40.8 Å². The summed E-state index contributed by atoms with van der Waals surface area (Å²) >= 11 is 12.3. The number of hydrogen-bond donors (Lipinski definition) is 0. The van der Waals surface area contributed by atoms with Crippen LogP contribution < -0.4 is 0 Å². The predicted octanol–water partition coefficient (Wildman–Crippen LogP) is 6.55. The van der Waals surface area contributed by atoms with Crippen LogP contribution in [0.25, 0.3) is 12.2 Å². The molecule has 0 bridgehead atoms. The molecule has 4 rings (SSSR count). The topological polar surface area (TPSA) is 20.3 Å². The number of benzene rings is 3. The van der Waals surface area contributed by atoms with Crippen molar-refractivity contribution < 1.29 is 4.79 Å². The molecule has 0 saturated carbocycles. The lowest BCUT2D eigenvalue weighted by Crippen LogP contribution is -2.37. The lowest BCUT2D eigenvalue weighted by Gasteiger charge is -2.30. The van der Waals surface area contributed by atoms with Crippen LogP contribution in [-0.4, -0.2) is 23.8 Å². The number of halogens is 2. The Morgan fingerprint density at radius 1 is 0.733 bits per heavy atom. The molecule has 4 heteroatoms. The van der Waals surface area contributed by atoms with Crippen molar-refractivity contribution in [1.82, 2.24) is 4.90 Å². The van der Waals surface area contributed by atoms with Crippen molar-refractivity contribution in [3.05, 3.63) is 117 Å². The van der Waals surface area contributed by atoms with Gasteiger partial charge in [-0.25, -0.2) is 0 Å². The Labute approximate surface area is 187 Å². The van der Waals surface area contributed by atoms with E-state index in [-0.39, 0.29) is 5.78 Å². The third-order valence-electron chi connectivity index (χ3n) is 5.00. The van der Waals surface area contributed by atoms with Crippen LogP contribution in [0.3, 0.4) is 0 Å². The van der Waals surface area contributed by atoms with E-state index >= 15 is 0 Å². The van der Waals surface area contributed by atoms with Gasteiger partial charge in [-0.1, -0.05) is 77.8 Å². The standard InChI is InChI=1S/C26H21Cl2NO/c27-24-10-4-8-20(14-24)12-22-17-29(16-19-6-2-1-3-7-19)18-23(26(22)30)13-21-9-5-11-25(28)15-21/h1-15H,16-18H2. The van der Waals surface area contributed by atoms with E-state index in [1.54, 1.807) is 0 Å². The van der Waals surface area contributed by atoms with Gasteiger partial charge in [-0.15, -0.1) is 0 Å². The van der Waals surface area contributed by atoms with Crippen molar-refractivity contribution in [1.29, 1.82) is 0 Å². The Bertz CT molecular complexity index is 1050. The van der Waals surface area contributed by atoms with Gasteiger partial charge in [0.25, 0.3) is 0 Å². The molecule has 0 radical (unpaired) electrons. The fourth-order valence-electron chi connectivity index (χ4n) is 3.66. The maximum Gasteiger partial charge on any atom is 0.187 e. The minimum Gasteiger partial charge on any atom is -0.290 e. The minimum atomic E-state index is 0.0688. The van der Waals surface area contributed by atoms with E-state index in [1.165, 1.54) is 5.56 Å². The zero-order valence-electron chi connectivity index (χ0n) is 16.4. The van der Waals surface area contributed by atoms with Crippen LogP contribution >= 0.6 is 23.2 Å². The van der Waals surface area contributed by atoms with Crippen molar-refractivity contribution in [3.63, 3.8) is 0 Å². The predicted molar refractivity (Wildman–Crippen MR) is 126 cm³/mol. The number of carbonyl (C=O) groups is 1. The maximum absolute atomic E-state index is 13.3. The molecule has 0 atom stereocenters. The Hall–Kier alpha value is -2.65. The molecule has 1 aliphatic rings. The van der Waals surface area contributed by atoms with E-state index < -0.39 is 0 Å². The third-order valence-corrected chi connectivity index (χ3v) is 5.47. The molecule has 0 N–H and O–H groups in total. The van der Waals surface area contributed by atoms with Crippen molar-refractivity contribution in [2.45, 2.75) is 6.54 Å². The van der Waals surface area contributed by atoms with Crippen LogP contribution in [0.4, 0.5) is 0 Å². The second-order valence-corrected chi connectivity index (χ2v) is 8.28. The summed E-state index contributed by atoms with van der Waals surface area (Å²) < 4.78 is 0. The summed E-state index contributed by atoms with van der Waals surface area (Å²) in [6, 6.07) is 25.4. The summed E-state index contributed by atoms with van der Waals surface area (Å²) in [5.74, 6) is 0.0688. The number of likely N-dealkylation sites (tertiary alicyclic amines) is 1. The van der Waals surface area contributed by atoms with E-state index in [4.69, 9.17) is 23.2 Å². The Morgan fingerprint density at radius 3 is 1.77 bits per heavy atom. The van der Waals surface area contributed by atoms with E-state index in [9.17, 15) is 4.79 Å². The molecule has 1 fully saturated rings. The number of rotatable bonds is 4. The van der Waals surface area contributed by atoms with Crippen LogP contribution in [0, 0.1) is 0 Å². The number of carbonyl (C=O) groups excluding carboxylic acids is 1. The summed E-state index contributed by atoms with van der Waals surface area (Å²) in [6.07, 6.45) is 3.88. The first-order valence-electron chi connectivity index (χ1n) is 9.80. The quantitative estimate of drug-likeness (QED) is 0.435. The number of hydrogen-bond acceptors (Lipinski definition) is 2. The van der Waals surface area contributed by atoms with Gasteiger partial charge < -0.3 is 0 Å². The maximum atomic E-state index is 13.3. The number of nitrogens with zero attached hydrogens (tertiary/aromatic N) is 1. The van der Waals surface area contributed by atoms with Crippen molar-refractivity contribution >= 4 is 41.1 Å². The molecular formula is C26H21Cl2NO. The highest BCUT2D eigenvalue weighted by Gasteiger charge is 2.26. The molecule has 0 spiro atoms. The smallest absolute Gasteiger partial charge is 0.187 e. The highest BCUT2D eigenvalue weighted by atomic mass is 35.5. The molecule has 1 aliphatic heterocycles. The summed E-state index contributed by atoms with van der Waals surface area (Å²) in [5, 5.41) is 1.31. The summed E-state index contributed by atoms with van der Waals surface area (Å²) in [4.78, 5) is 15.6. The Morgan fingerprint density at radius 2 is 1.27 bits per heavy atom. The second kappa shape index (κ2) is 9.44. The average Bonchev–Trinajstić information content (AvgIpc) is 2.72. The number of ketones is 1. The molecule has 3 aromatic carbocycles. The van der Waals surface area contributed by atoms with Crippen LogP contribution in [0.15, 0.2) is 90.0 Å². The first-order valence-corrected chi connectivity index (χ1v) is 10.6. The van der Waals surface area contributed by atoms with E-state index in [2.05, 4.69) is 17.0 Å². The lowest BCUT2D eigenvalue weighted by atomic mass is 9.94. The normalized spacial score (nSPS) is 17.6. The Balaban J connectivity index is 1.69. The first kappa shape index (κ1) is 20.6. The molecule has 0 aromatic heterocycles. The van der Waals surface area contributed by atoms with Crippen LogP contribution in [-0.2, 0) is 11.3 Å². The van der Waals surface area contributed by atoms with Crippen molar-refractivity contribution in [2.24, 2.45) is 0 Å². The highest BCUT2D eigenvalue weighted by molar-refractivity contribution is 6.31. The lowest BCUT2D eigenvalue weighted by molar-refractivity contribution is -0.113. The van der Waals surface area contributed by atoms with Crippen molar-refractivity contribution in [3.8, 4) is 0 Å². The molecule has 0 aliphatic carbocycles. The van der Waals surface area contributed by atoms with Crippen LogP contribution in [0.1, 0.15) is 16.7 Å². The van der Waals surface area contributed by atoms with Gasteiger partial charge in [-0.3, -0.25) is 9.69 Å². The van der Waals surface area contributed by atoms with Crippen LogP contribution in [0.5, 0.6) is 0 Å². The fourth-order valence-corrected chi connectivity index (χ4v) is 4.06. The average molecular weight is 434 g/mol. The molecule has 1 saturated heterocycles. The molecule has 2 nitrogen and oxygen atoms in total. The minimum absolute atomic E-state index is 0.0688. The zero-order valence-corrected chi connectivity index (χ0v) is 17.9. The molecule has 30 heavy (non-hydrogen) atoms. The molecule has 150 valence electrons. The van der Waals surface area contributed by atoms with Gasteiger partial charge in [0.2, 0.25) is 0 Å². The molecule has 0 unspecified atom stereocenters. The van der Waals surface area contributed by atoms with E-state index in [1.807, 2.05) is 78.9 Å². The number of Topliss-reactive ketones (excluding diaryl/α,β-unsaturated/α-hetero) is 1. The highest BCUT2D eigenvalue weighted by Crippen LogP contribution is 2.25. The molecule has 3 aromatic rings. The monoisotopic (exact) mass is 433 g/mol. The van der Waals surface area contributed by atoms with Gasteiger partial charge in [0.1, 0.15) is 0 Å². The van der Waals surface area contributed by atoms with E-state index in [0.29, 0.717) is 23.1 Å². The third kappa shape index (κ3) is 5.28. The van der Waals surface area contributed by atoms with Gasteiger partial charge >= 0.3 is 0 Å². The second-order valence-electron chi connectivity index (χ2n) is 7.41. The zero-order chi connectivity index (χ0) is 20.9. The van der Waals surface area contributed by atoms with Crippen molar-refractivity contribution in [2.75, 3.05) is 13.1 Å². The number of piperidine rings is 1. The molecular weight excluding hydrogens is 413 g/mol. The van der Waals surface area contributed by atoms with Crippen LogP contribution in [0.2, 0.25) is 10.0 Å². The fraction of sp³-hybridized carbons (Fsp3) is 0.115. The first-order chi connectivity index (χ1) is 14.6. The SMILES string of the molecule is O=C1C(=Cc2cccc(Cl)c2)CN(Cc2ccccc2)CC1=Cc1cccc(Cl)c1. The summed E-state index contributed by atoms with van der Waals surface area (Å²) in [5.41, 5.74) is 4.58. The molecule has 0 amide bonds. The summed E-state index contributed by atoms with van der Waals surface area (Å²) in [6.45, 7) is 1.95. The van der Waals surface area contributed by atoms with Gasteiger partial charge in [-0.05, 0) is 53.1 Å². The summed E-state index contributed by atoms with van der Waals surface area (Å²) in [7, 11) is 0. The van der Waals surface area contributed by atoms with Gasteiger partial charge in [-0.2, -0.15) is 0 Å². The molecule has 1 heterocycles. The van der Waals surface area contributed by atoms with E-state index in [0.717, 1.165) is 28.8 Å². The van der Waals surface area contributed by atoms with Gasteiger partial charge in [0.05, 0.1) is 0 Å².